The van der Waals surface area contributed by atoms with Crippen molar-refractivity contribution in [2.45, 2.75) is 33.4 Å². The largest absolute Gasteiger partial charge is 0.395 e. The average Bonchev–Trinajstić information content (AvgIpc) is 2.51. The van der Waals surface area contributed by atoms with Gasteiger partial charge in [0, 0.05) is 13.1 Å². The summed E-state index contributed by atoms with van der Waals surface area (Å²) in [6, 6.07) is 0. The highest BCUT2D eigenvalue weighted by molar-refractivity contribution is 5.97. The van der Waals surface area contributed by atoms with E-state index in [4.69, 9.17) is 10.8 Å². The van der Waals surface area contributed by atoms with Crippen molar-refractivity contribution in [1.82, 2.24) is 15.1 Å². The zero-order valence-electron chi connectivity index (χ0n) is 9.82. The molecule has 16 heavy (non-hydrogen) atoms. The Balaban J connectivity index is 2.89. The molecule has 6 heteroatoms. The summed E-state index contributed by atoms with van der Waals surface area (Å²) < 4.78 is 1.56. The summed E-state index contributed by atoms with van der Waals surface area (Å²) in [5, 5.41) is 15.8. The zero-order chi connectivity index (χ0) is 12.3. The number of anilines is 1. The van der Waals surface area contributed by atoms with Crippen LogP contribution in [0.4, 0.5) is 5.69 Å². The summed E-state index contributed by atoms with van der Waals surface area (Å²) >= 11 is 0. The zero-order valence-corrected chi connectivity index (χ0v) is 9.82. The fourth-order valence-corrected chi connectivity index (χ4v) is 1.39. The van der Waals surface area contributed by atoms with Crippen molar-refractivity contribution >= 4 is 11.6 Å². The molecule has 4 N–H and O–H groups in total. The highest BCUT2D eigenvalue weighted by Gasteiger charge is 2.18. The van der Waals surface area contributed by atoms with E-state index in [0.717, 1.165) is 0 Å². The lowest BCUT2D eigenvalue weighted by Crippen LogP contribution is -2.32. The molecule has 1 atom stereocenters. The van der Waals surface area contributed by atoms with Gasteiger partial charge in [0.1, 0.15) is 5.69 Å². The molecule has 1 heterocycles. The first-order chi connectivity index (χ1) is 7.47. The quantitative estimate of drug-likeness (QED) is 0.668. The lowest BCUT2D eigenvalue weighted by atomic mass is 10.3. The van der Waals surface area contributed by atoms with Crippen molar-refractivity contribution in [3.63, 3.8) is 0 Å². The van der Waals surface area contributed by atoms with Crippen LogP contribution in [0.3, 0.4) is 0 Å². The maximum absolute atomic E-state index is 11.8. The van der Waals surface area contributed by atoms with Crippen LogP contribution < -0.4 is 11.1 Å². The molecule has 90 valence electrons. The van der Waals surface area contributed by atoms with Crippen LogP contribution >= 0.6 is 0 Å². The number of aliphatic hydroxyl groups excluding tert-OH is 1. The second kappa shape index (κ2) is 4.98. The molecule has 0 aliphatic rings. The topological polar surface area (TPSA) is 93.2 Å². The summed E-state index contributed by atoms with van der Waals surface area (Å²) in [4.78, 5) is 11.8. The Hall–Kier alpha value is -1.56. The monoisotopic (exact) mass is 226 g/mol. The van der Waals surface area contributed by atoms with E-state index in [1.807, 2.05) is 6.92 Å². The third-order valence-corrected chi connectivity index (χ3v) is 2.25. The minimum atomic E-state index is -0.579. The van der Waals surface area contributed by atoms with Crippen LogP contribution in [0.5, 0.6) is 0 Å². The smallest absolute Gasteiger partial charge is 0.271 e. The number of carbonyl (C=O) groups excluding carboxylic acids is 1. The van der Waals surface area contributed by atoms with Crippen LogP contribution in [-0.2, 0) is 6.54 Å². The molecule has 0 aromatic carbocycles. The van der Waals surface area contributed by atoms with Crippen molar-refractivity contribution in [3.05, 3.63) is 11.4 Å². The van der Waals surface area contributed by atoms with Crippen molar-refractivity contribution in [1.29, 1.82) is 0 Å². The number of aryl methyl sites for hydroxylation is 2. The number of hydrogen-bond donors (Lipinski definition) is 3. The SMILES string of the molecule is CCn1nc(C)c(N)c1C(=O)NCC(C)O. The fourth-order valence-electron chi connectivity index (χ4n) is 1.39. The van der Waals surface area contributed by atoms with Crippen LogP contribution in [-0.4, -0.2) is 33.4 Å². The molecule has 0 aliphatic heterocycles. The van der Waals surface area contributed by atoms with Crippen molar-refractivity contribution in [2.75, 3.05) is 12.3 Å². The van der Waals surface area contributed by atoms with Gasteiger partial charge in [-0.3, -0.25) is 9.48 Å². The molecule has 0 radical (unpaired) electrons. The van der Waals surface area contributed by atoms with E-state index < -0.39 is 6.10 Å². The third-order valence-electron chi connectivity index (χ3n) is 2.25. The molecule has 0 fully saturated rings. The average molecular weight is 226 g/mol. The summed E-state index contributed by atoms with van der Waals surface area (Å²) in [6.45, 7) is 6.03. The fraction of sp³-hybridized carbons (Fsp3) is 0.600. The molecule has 0 aliphatic carbocycles. The first-order valence-corrected chi connectivity index (χ1v) is 5.26. The minimum Gasteiger partial charge on any atom is -0.395 e. The third kappa shape index (κ3) is 2.52. The molecular weight excluding hydrogens is 208 g/mol. The highest BCUT2D eigenvalue weighted by atomic mass is 16.3. The predicted octanol–water partition coefficient (Wildman–Crippen LogP) is -0.0958. The number of nitrogens with one attached hydrogen (secondary N) is 1. The van der Waals surface area contributed by atoms with Gasteiger partial charge in [-0.1, -0.05) is 0 Å². The predicted molar refractivity (Wildman–Crippen MR) is 61.1 cm³/mol. The number of nitrogen functional groups attached to an aromatic ring is 1. The number of rotatable bonds is 4. The normalized spacial score (nSPS) is 12.5. The van der Waals surface area contributed by atoms with Gasteiger partial charge in [0.05, 0.1) is 17.5 Å². The molecular formula is C10H18N4O2. The van der Waals surface area contributed by atoms with Crippen molar-refractivity contribution in [3.8, 4) is 0 Å². The van der Waals surface area contributed by atoms with E-state index in [0.29, 0.717) is 23.6 Å². The van der Waals surface area contributed by atoms with Gasteiger partial charge in [0.25, 0.3) is 5.91 Å². The Morgan fingerprint density at radius 3 is 2.81 bits per heavy atom. The van der Waals surface area contributed by atoms with Gasteiger partial charge in [-0.25, -0.2) is 0 Å². The molecule has 0 saturated heterocycles. The van der Waals surface area contributed by atoms with E-state index >= 15 is 0 Å². The Morgan fingerprint density at radius 2 is 2.31 bits per heavy atom. The minimum absolute atomic E-state index is 0.201. The van der Waals surface area contributed by atoms with Gasteiger partial charge in [0.2, 0.25) is 0 Å². The molecule has 6 nitrogen and oxygen atoms in total. The van der Waals surface area contributed by atoms with Gasteiger partial charge in [-0.2, -0.15) is 5.10 Å². The first-order valence-electron chi connectivity index (χ1n) is 5.26. The molecule has 1 amide bonds. The van der Waals surface area contributed by atoms with Crippen LogP contribution in [0.25, 0.3) is 0 Å². The van der Waals surface area contributed by atoms with E-state index in [1.165, 1.54) is 0 Å². The Morgan fingerprint density at radius 1 is 1.69 bits per heavy atom. The molecule has 1 rings (SSSR count). The van der Waals surface area contributed by atoms with Gasteiger partial charge in [-0.15, -0.1) is 0 Å². The second-order valence-corrected chi connectivity index (χ2v) is 3.72. The van der Waals surface area contributed by atoms with Gasteiger partial charge in [-0.05, 0) is 20.8 Å². The Kier molecular flexibility index (Phi) is 3.89. The number of aliphatic hydroxyl groups is 1. The maximum Gasteiger partial charge on any atom is 0.271 e. The number of carbonyl (C=O) groups is 1. The highest BCUT2D eigenvalue weighted by Crippen LogP contribution is 2.15. The maximum atomic E-state index is 11.8. The number of nitrogens with two attached hydrogens (primary N) is 1. The lowest BCUT2D eigenvalue weighted by Gasteiger charge is -2.08. The molecule has 1 unspecified atom stereocenters. The second-order valence-electron chi connectivity index (χ2n) is 3.72. The Bertz CT molecular complexity index is 384. The van der Waals surface area contributed by atoms with Crippen molar-refractivity contribution in [2.24, 2.45) is 0 Å². The number of amides is 1. The van der Waals surface area contributed by atoms with Gasteiger partial charge in [0.15, 0.2) is 0 Å². The van der Waals surface area contributed by atoms with E-state index in [-0.39, 0.29) is 12.5 Å². The van der Waals surface area contributed by atoms with Gasteiger partial charge >= 0.3 is 0 Å². The number of hydrogen-bond acceptors (Lipinski definition) is 4. The van der Waals surface area contributed by atoms with Crippen molar-refractivity contribution < 1.29 is 9.90 Å². The van der Waals surface area contributed by atoms with E-state index in [1.54, 1.807) is 18.5 Å². The summed E-state index contributed by atoms with van der Waals surface area (Å²) in [5.74, 6) is -0.305. The summed E-state index contributed by atoms with van der Waals surface area (Å²) in [5.41, 5.74) is 7.18. The molecule has 0 saturated carbocycles. The molecule has 1 aromatic rings. The standard InChI is InChI=1S/C10H18N4O2/c1-4-14-9(8(11)7(3)13-14)10(16)12-5-6(2)15/h6,15H,4-5,11H2,1-3H3,(H,12,16). The molecule has 0 bridgehead atoms. The first kappa shape index (κ1) is 12.5. The molecule has 1 aromatic heterocycles. The number of nitrogens with zero attached hydrogens (tertiary/aromatic N) is 2. The van der Waals surface area contributed by atoms with Crippen LogP contribution in [0.1, 0.15) is 30.0 Å². The lowest BCUT2D eigenvalue weighted by molar-refractivity contribution is 0.0914. The van der Waals surface area contributed by atoms with Gasteiger partial charge < -0.3 is 16.2 Å². The summed E-state index contributed by atoms with van der Waals surface area (Å²) in [7, 11) is 0. The molecule has 0 spiro atoms. The number of aromatic nitrogens is 2. The van der Waals surface area contributed by atoms with E-state index in [9.17, 15) is 4.79 Å². The summed E-state index contributed by atoms with van der Waals surface area (Å²) in [6.07, 6.45) is -0.579. The van der Waals surface area contributed by atoms with E-state index in [2.05, 4.69) is 10.4 Å². The van der Waals surface area contributed by atoms with Crippen LogP contribution in [0.15, 0.2) is 0 Å². The van der Waals surface area contributed by atoms with Crippen LogP contribution in [0.2, 0.25) is 0 Å². The Labute approximate surface area is 94.4 Å². The van der Waals surface area contributed by atoms with Crippen LogP contribution in [0, 0.1) is 6.92 Å².